The first-order valence-electron chi connectivity index (χ1n) is 6.24. The molecule has 4 nitrogen and oxygen atoms in total. The summed E-state index contributed by atoms with van der Waals surface area (Å²) in [5.41, 5.74) is 2.46. The molecule has 1 atom stereocenters. The van der Waals surface area contributed by atoms with Crippen molar-refractivity contribution in [2.24, 2.45) is 0 Å². The Kier molecular flexibility index (Phi) is 3.16. The van der Waals surface area contributed by atoms with Crippen LogP contribution in [-0.4, -0.2) is 39.0 Å². The molecule has 1 aromatic rings. The third-order valence-corrected chi connectivity index (χ3v) is 3.23. The van der Waals surface area contributed by atoms with Gasteiger partial charge in [-0.25, -0.2) is 0 Å². The van der Waals surface area contributed by atoms with Crippen molar-refractivity contribution in [2.45, 2.75) is 12.5 Å². The van der Waals surface area contributed by atoms with Gasteiger partial charge in [0.2, 0.25) is 0 Å². The summed E-state index contributed by atoms with van der Waals surface area (Å²) in [5, 5.41) is 6.75. The second-order valence-electron chi connectivity index (χ2n) is 4.50. The van der Waals surface area contributed by atoms with Gasteiger partial charge in [-0.2, -0.15) is 0 Å². The largest absolute Gasteiger partial charge is 0.493 e. The standard InChI is InChI=1S/C13H18N2O2/c1-2-13-10(3-5-17-13)7-11(1)15-9-12-8-14-4-6-16-12/h1-2,7,12,14-15H,3-6,8-9H2. The predicted molar refractivity (Wildman–Crippen MR) is 66.7 cm³/mol. The fraction of sp³-hybridized carbons (Fsp3) is 0.538. The van der Waals surface area contributed by atoms with Gasteiger partial charge in [0.15, 0.2) is 0 Å². The first-order chi connectivity index (χ1) is 8.42. The van der Waals surface area contributed by atoms with Gasteiger partial charge in [-0.05, 0) is 23.8 Å². The zero-order valence-corrected chi connectivity index (χ0v) is 9.87. The highest BCUT2D eigenvalue weighted by molar-refractivity contribution is 5.52. The Morgan fingerprint density at radius 3 is 3.24 bits per heavy atom. The third-order valence-electron chi connectivity index (χ3n) is 3.23. The van der Waals surface area contributed by atoms with E-state index in [4.69, 9.17) is 9.47 Å². The van der Waals surface area contributed by atoms with Crippen molar-refractivity contribution in [2.75, 3.05) is 38.2 Å². The zero-order chi connectivity index (χ0) is 11.5. The maximum atomic E-state index is 5.64. The number of hydrogen-bond donors (Lipinski definition) is 2. The van der Waals surface area contributed by atoms with Gasteiger partial charge in [-0.1, -0.05) is 0 Å². The van der Waals surface area contributed by atoms with Gasteiger partial charge in [0.25, 0.3) is 0 Å². The Balaban J connectivity index is 1.57. The minimum absolute atomic E-state index is 0.272. The number of anilines is 1. The van der Waals surface area contributed by atoms with E-state index >= 15 is 0 Å². The molecule has 0 aromatic heterocycles. The fourth-order valence-corrected chi connectivity index (χ4v) is 2.28. The SMILES string of the molecule is c1cc2c(cc1NCC1CNCCO1)CCO2. The highest BCUT2D eigenvalue weighted by Crippen LogP contribution is 2.27. The highest BCUT2D eigenvalue weighted by Gasteiger charge is 2.14. The predicted octanol–water partition coefficient (Wildman–Crippen LogP) is 1.02. The molecule has 3 rings (SSSR count). The van der Waals surface area contributed by atoms with Crippen LogP contribution in [0.3, 0.4) is 0 Å². The minimum atomic E-state index is 0.272. The van der Waals surface area contributed by atoms with E-state index in [9.17, 15) is 0 Å². The number of hydrogen-bond acceptors (Lipinski definition) is 4. The van der Waals surface area contributed by atoms with Crippen LogP contribution in [0.4, 0.5) is 5.69 Å². The quantitative estimate of drug-likeness (QED) is 0.819. The smallest absolute Gasteiger partial charge is 0.122 e. The average molecular weight is 234 g/mol. The second kappa shape index (κ2) is 4.94. The third kappa shape index (κ3) is 2.53. The number of fused-ring (bicyclic) bond motifs is 1. The molecular formula is C13H18N2O2. The van der Waals surface area contributed by atoms with E-state index in [0.717, 1.165) is 50.7 Å². The summed E-state index contributed by atoms with van der Waals surface area (Å²) in [4.78, 5) is 0. The summed E-state index contributed by atoms with van der Waals surface area (Å²) in [5.74, 6) is 1.03. The van der Waals surface area contributed by atoms with Crippen molar-refractivity contribution in [3.8, 4) is 5.75 Å². The van der Waals surface area contributed by atoms with Crippen molar-refractivity contribution in [3.63, 3.8) is 0 Å². The van der Waals surface area contributed by atoms with Crippen LogP contribution in [0, 0.1) is 0 Å². The molecule has 0 bridgehead atoms. The Morgan fingerprint density at radius 1 is 1.35 bits per heavy atom. The maximum Gasteiger partial charge on any atom is 0.122 e. The zero-order valence-electron chi connectivity index (χ0n) is 9.87. The average Bonchev–Trinajstić information content (AvgIpc) is 2.85. The van der Waals surface area contributed by atoms with Gasteiger partial charge in [0, 0.05) is 31.7 Å². The van der Waals surface area contributed by atoms with Crippen LogP contribution in [0.2, 0.25) is 0 Å². The highest BCUT2D eigenvalue weighted by atomic mass is 16.5. The summed E-state index contributed by atoms with van der Waals surface area (Å²) >= 11 is 0. The lowest BCUT2D eigenvalue weighted by atomic mass is 10.1. The normalized spacial score (nSPS) is 22.9. The van der Waals surface area contributed by atoms with E-state index in [2.05, 4.69) is 22.8 Å². The molecule has 0 aliphatic carbocycles. The van der Waals surface area contributed by atoms with Crippen LogP contribution >= 0.6 is 0 Å². The van der Waals surface area contributed by atoms with Crippen LogP contribution < -0.4 is 15.4 Å². The van der Waals surface area contributed by atoms with Crippen molar-refractivity contribution in [1.82, 2.24) is 5.32 Å². The number of benzene rings is 1. The number of ether oxygens (including phenoxy) is 2. The van der Waals surface area contributed by atoms with Gasteiger partial charge >= 0.3 is 0 Å². The van der Waals surface area contributed by atoms with E-state index in [1.165, 1.54) is 5.56 Å². The van der Waals surface area contributed by atoms with Gasteiger partial charge in [0.1, 0.15) is 5.75 Å². The summed E-state index contributed by atoms with van der Waals surface area (Å²) < 4.78 is 11.1. The van der Waals surface area contributed by atoms with Gasteiger partial charge < -0.3 is 20.1 Å². The molecule has 1 saturated heterocycles. The molecule has 1 fully saturated rings. The molecule has 17 heavy (non-hydrogen) atoms. The van der Waals surface area contributed by atoms with Crippen molar-refractivity contribution >= 4 is 5.69 Å². The summed E-state index contributed by atoms with van der Waals surface area (Å²) in [6, 6.07) is 6.30. The van der Waals surface area contributed by atoms with Crippen LogP contribution in [0.1, 0.15) is 5.56 Å². The molecule has 2 N–H and O–H groups in total. The molecule has 2 aliphatic rings. The van der Waals surface area contributed by atoms with Crippen LogP contribution in [0.15, 0.2) is 18.2 Å². The molecule has 0 amide bonds. The van der Waals surface area contributed by atoms with E-state index in [-0.39, 0.29) is 6.10 Å². The first kappa shape index (κ1) is 10.9. The van der Waals surface area contributed by atoms with Gasteiger partial charge in [0.05, 0.1) is 19.3 Å². The molecule has 92 valence electrons. The molecule has 2 heterocycles. The molecule has 4 heteroatoms. The molecular weight excluding hydrogens is 216 g/mol. The molecule has 2 aliphatic heterocycles. The van der Waals surface area contributed by atoms with Crippen LogP contribution in [0.25, 0.3) is 0 Å². The van der Waals surface area contributed by atoms with Crippen molar-refractivity contribution in [1.29, 1.82) is 0 Å². The van der Waals surface area contributed by atoms with E-state index in [1.54, 1.807) is 0 Å². The second-order valence-corrected chi connectivity index (χ2v) is 4.50. The van der Waals surface area contributed by atoms with Crippen LogP contribution in [-0.2, 0) is 11.2 Å². The monoisotopic (exact) mass is 234 g/mol. The topological polar surface area (TPSA) is 42.5 Å². The summed E-state index contributed by atoms with van der Waals surface area (Å²) in [7, 11) is 0. The molecule has 0 saturated carbocycles. The van der Waals surface area contributed by atoms with Gasteiger partial charge in [-0.3, -0.25) is 0 Å². The molecule has 1 unspecified atom stereocenters. The first-order valence-corrected chi connectivity index (χ1v) is 6.24. The van der Waals surface area contributed by atoms with E-state index in [1.807, 2.05) is 6.07 Å². The van der Waals surface area contributed by atoms with Crippen LogP contribution in [0.5, 0.6) is 5.75 Å². The van der Waals surface area contributed by atoms with E-state index < -0.39 is 0 Å². The fourth-order valence-electron chi connectivity index (χ4n) is 2.28. The lowest BCUT2D eigenvalue weighted by Crippen LogP contribution is -2.42. The van der Waals surface area contributed by atoms with Crippen molar-refractivity contribution < 1.29 is 9.47 Å². The Labute approximate surface area is 101 Å². The summed E-state index contributed by atoms with van der Waals surface area (Å²) in [6.07, 6.45) is 1.29. The number of rotatable bonds is 3. The Hall–Kier alpha value is -1.26. The number of nitrogens with one attached hydrogen (secondary N) is 2. The minimum Gasteiger partial charge on any atom is -0.493 e. The lowest BCUT2D eigenvalue weighted by Gasteiger charge is -2.24. The Bertz CT molecular complexity index is 389. The lowest BCUT2D eigenvalue weighted by molar-refractivity contribution is 0.0372. The molecule has 0 radical (unpaired) electrons. The molecule has 1 aromatic carbocycles. The molecule has 0 spiro atoms. The maximum absolute atomic E-state index is 5.64. The van der Waals surface area contributed by atoms with Gasteiger partial charge in [-0.15, -0.1) is 0 Å². The van der Waals surface area contributed by atoms with E-state index in [0.29, 0.717) is 0 Å². The Morgan fingerprint density at radius 2 is 2.35 bits per heavy atom. The summed E-state index contributed by atoms with van der Waals surface area (Å²) in [6.45, 7) is 4.37. The number of morpholine rings is 1. The van der Waals surface area contributed by atoms with Crippen molar-refractivity contribution in [3.05, 3.63) is 23.8 Å².